The highest BCUT2D eigenvalue weighted by atomic mass is 32.2. The van der Waals surface area contributed by atoms with Crippen LogP contribution in [0, 0.1) is 11.8 Å². The molecular weight excluding hydrogens is 470 g/mol. The lowest BCUT2D eigenvalue weighted by molar-refractivity contribution is -0.141. The summed E-state index contributed by atoms with van der Waals surface area (Å²) in [6.45, 7) is 5.02. The fourth-order valence-corrected chi connectivity index (χ4v) is 5.50. The summed E-state index contributed by atoms with van der Waals surface area (Å²) in [4.78, 5) is 30.3. The Balaban J connectivity index is 1.96. The number of hydrogen-bond acceptors (Lipinski definition) is 6. The topological polar surface area (TPSA) is 105 Å². The molecule has 0 aromatic heterocycles. The molecule has 1 N–H and O–H groups in total. The second kappa shape index (κ2) is 11.6. The van der Waals surface area contributed by atoms with Crippen LogP contribution in [0.4, 0.5) is 5.69 Å². The van der Waals surface area contributed by atoms with Crippen LogP contribution in [-0.2, 0) is 19.6 Å². The molecule has 0 saturated heterocycles. The van der Waals surface area contributed by atoms with Gasteiger partial charge in [-0.3, -0.25) is 14.3 Å². The number of anilines is 1. The molecule has 3 atom stereocenters. The average molecular weight is 510 g/mol. The molecule has 9 nitrogen and oxygen atoms in total. The molecule has 196 valence electrons. The van der Waals surface area contributed by atoms with Crippen LogP contribution in [0.15, 0.2) is 18.2 Å². The van der Waals surface area contributed by atoms with Gasteiger partial charge in [0.2, 0.25) is 15.9 Å². The molecule has 0 unspecified atom stereocenters. The molecule has 3 rings (SSSR count). The Kier molecular flexibility index (Phi) is 9.04. The Morgan fingerprint density at radius 2 is 1.83 bits per heavy atom. The second-order valence-electron chi connectivity index (χ2n) is 10.0. The van der Waals surface area contributed by atoms with Crippen molar-refractivity contribution in [3.05, 3.63) is 23.8 Å². The van der Waals surface area contributed by atoms with Crippen molar-refractivity contribution in [1.82, 2.24) is 9.80 Å². The second-order valence-corrected chi connectivity index (χ2v) is 11.8. The molecule has 1 heterocycles. The van der Waals surface area contributed by atoms with Crippen molar-refractivity contribution in [3.8, 4) is 5.75 Å². The van der Waals surface area contributed by atoms with Gasteiger partial charge in [0.15, 0.2) is 0 Å². The van der Waals surface area contributed by atoms with E-state index in [1.807, 2.05) is 18.7 Å². The quantitative estimate of drug-likeness (QED) is 0.669. The van der Waals surface area contributed by atoms with E-state index < -0.39 is 10.0 Å². The molecule has 1 fully saturated rings. The monoisotopic (exact) mass is 509 g/mol. The third-order valence-corrected chi connectivity index (χ3v) is 7.59. The van der Waals surface area contributed by atoms with E-state index in [1.165, 1.54) is 12.5 Å². The maximum absolute atomic E-state index is 13.6. The number of rotatable bonds is 4. The van der Waals surface area contributed by atoms with Gasteiger partial charge < -0.3 is 19.3 Å². The van der Waals surface area contributed by atoms with E-state index in [4.69, 9.17) is 9.47 Å². The number of benzene rings is 1. The minimum Gasteiger partial charge on any atom is -0.491 e. The van der Waals surface area contributed by atoms with E-state index in [9.17, 15) is 18.0 Å². The minimum atomic E-state index is -3.50. The van der Waals surface area contributed by atoms with Gasteiger partial charge in [-0.25, -0.2) is 8.42 Å². The Bertz CT molecular complexity index is 1010. The number of carbonyl (C=O) groups is 2. The lowest BCUT2D eigenvalue weighted by Crippen LogP contribution is -2.50. The lowest BCUT2D eigenvalue weighted by atomic mass is 9.87. The lowest BCUT2D eigenvalue weighted by Gasteiger charge is -2.38. The third kappa shape index (κ3) is 7.10. The fraction of sp³-hybridized carbons (Fsp3) is 0.680. The van der Waals surface area contributed by atoms with Crippen LogP contribution in [0.5, 0.6) is 5.75 Å². The van der Waals surface area contributed by atoms with Crippen LogP contribution >= 0.6 is 0 Å². The van der Waals surface area contributed by atoms with Crippen molar-refractivity contribution in [2.24, 2.45) is 11.8 Å². The number of sulfonamides is 1. The summed E-state index contributed by atoms with van der Waals surface area (Å²) >= 11 is 0. The highest BCUT2D eigenvalue weighted by Crippen LogP contribution is 2.29. The van der Waals surface area contributed by atoms with Gasteiger partial charge in [0.25, 0.3) is 5.91 Å². The third-order valence-electron chi connectivity index (χ3n) is 6.99. The van der Waals surface area contributed by atoms with Crippen LogP contribution in [0.3, 0.4) is 0 Å². The molecule has 1 aliphatic carbocycles. The van der Waals surface area contributed by atoms with Gasteiger partial charge in [-0.05, 0) is 31.9 Å². The van der Waals surface area contributed by atoms with Crippen molar-refractivity contribution in [3.63, 3.8) is 0 Å². The van der Waals surface area contributed by atoms with Crippen LogP contribution < -0.4 is 9.46 Å². The molecule has 35 heavy (non-hydrogen) atoms. The molecule has 1 aromatic carbocycles. The van der Waals surface area contributed by atoms with E-state index in [-0.39, 0.29) is 48.2 Å². The molecule has 0 radical (unpaired) electrons. The molecule has 1 aromatic rings. The highest BCUT2D eigenvalue weighted by Gasteiger charge is 2.33. The van der Waals surface area contributed by atoms with Gasteiger partial charge in [0.1, 0.15) is 12.4 Å². The first-order valence-electron chi connectivity index (χ1n) is 12.3. The van der Waals surface area contributed by atoms with Gasteiger partial charge in [0, 0.05) is 45.1 Å². The zero-order valence-electron chi connectivity index (χ0n) is 21.5. The summed E-state index contributed by atoms with van der Waals surface area (Å²) in [5, 5.41) is 0. The number of fused-ring (bicyclic) bond motifs is 1. The van der Waals surface area contributed by atoms with E-state index in [1.54, 1.807) is 31.2 Å². The maximum atomic E-state index is 13.6. The van der Waals surface area contributed by atoms with Crippen molar-refractivity contribution in [2.75, 3.05) is 44.8 Å². The Labute approximate surface area is 209 Å². The predicted molar refractivity (Wildman–Crippen MR) is 135 cm³/mol. The molecule has 0 spiro atoms. The Morgan fingerprint density at radius 1 is 1.14 bits per heavy atom. The van der Waals surface area contributed by atoms with Crippen LogP contribution in [0.25, 0.3) is 0 Å². The zero-order chi connectivity index (χ0) is 25.8. The van der Waals surface area contributed by atoms with E-state index >= 15 is 0 Å². The first-order valence-corrected chi connectivity index (χ1v) is 14.2. The SMILES string of the molecule is CO[C@@H]1CN(C)C(=O)c2ccc(NS(C)(=O)=O)cc2OC[C@H](C)N(C(=O)C2CCCCC2)C[C@@H]1C. The predicted octanol–water partition coefficient (Wildman–Crippen LogP) is 2.97. The number of nitrogens with zero attached hydrogens (tertiary/aromatic N) is 2. The summed E-state index contributed by atoms with van der Waals surface area (Å²) in [5.74, 6) is 0.204. The summed E-state index contributed by atoms with van der Waals surface area (Å²) in [6.07, 6.45) is 5.94. The summed E-state index contributed by atoms with van der Waals surface area (Å²) < 4.78 is 37.7. The number of likely N-dealkylation sites (N-methyl/N-ethyl adjacent to an activating group) is 1. The van der Waals surface area contributed by atoms with Gasteiger partial charge in [-0.2, -0.15) is 0 Å². The maximum Gasteiger partial charge on any atom is 0.257 e. The summed E-state index contributed by atoms with van der Waals surface area (Å²) in [7, 11) is -0.170. The minimum absolute atomic E-state index is 0.00507. The average Bonchev–Trinajstić information content (AvgIpc) is 2.82. The molecule has 0 bridgehead atoms. The largest absolute Gasteiger partial charge is 0.491 e. The number of amides is 2. The van der Waals surface area contributed by atoms with E-state index in [0.717, 1.165) is 31.9 Å². The standard InChI is InChI=1S/C25H39N3O6S/c1-17-14-28(24(29)19-9-7-6-8-10-19)18(2)16-34-22-13-20(26-35(5,31)32)11-12-21(22)25(30)27(3)15-23(17)33-4/h11-13,17-19,23,26H,6-10,14-16H2,1-5H3/t17-,18-,23+/m0/s1. The zero-order valence-corrected chi connectivity index (χ0v) is 22.3. The molecule has 2 amide bonds. The molecule has 2 aliphatic rings. The number of methoxy groups -OCH3 is 1. The fourth-order valence-electron chi connectivity index (χ4n) is 4.94. The van der Waals surface area contributed by atoms with Gasteiger partial charge in [-0.15, -0.1) is 0 Å². The number of carbonyl (C=O) groups excluding carboxylic acids is 2. The first kappa shape index (κ1) is 27.3. The van der Waals surface area contributed by atoms with Gasteiger partial charge >= 0.3 is 0 Å². The van der Waals surface area contributed by atoms with Crippen molar-refractivity contribution >= 4 is 27.5 Å². The Hall–Kier alpha value is -2.33. The van der Waals surface area contributed by atoms with Crippen LogP contribution in [-0.4, -0.2) is 82.3 Å². The molecular formula is C25H39N3O6S. The van der Waals surface area contributed by atoms with E-state index in [2.05, 4.69) is 4.72 Å². The molecule has 10 heteroatoms. The number of ether oxygens (including phenoxy) is 2. The van der Waals surface area contributed by atoms with Gasteiger partial charge in [-0.1, -0.05) is 26.2 Å². The van der Waals surface area contributed by atoms with Gasteiger partial charge in [0.05, 0.1) is 29.7 Å². The number of hydrogen-bond donors (Lipinski definition) is 1. The Morgan fingerprint density at radius 3 is 2.46 bits per heavy atom. The van der Waals surface area contributed by atoms with E-state index in [0.29, 0.717) is 24.3 Å². The van der Waals surface area contributed by atoms with Crippen LogP contribution in [0.1, 0.15) is 56.3 Å². The summed E-state index contributed by atoms with van der Waals surface area (Å²) in [6, 6.07) is 4.38. The van der Waals surface area contributed by atoms with Crippen molar-refractivity contribution in [2.45, 2.75) is 58.1 Å². The molecule has 1 saturated carbocycles. The normalized spacial score (nSPS) is 25.2. The first-order chi connectivity index (χ1) is 16.5. The van der Waals surface area contributed by atoms with Crippen molar-refractivity contribution < 1.29 is 27.5 Å². The molecule has 1 aliphatic heterocycles. The highest BCUT2D eigenvalue weighted by molar-refractivity contribution is 7.92. The van der Waals surface area contributed by atoms with Crippen LogP contribution in [0.2, 0.25) is 0 Å². The smallest absolute Gasteiger partial charge is 0.257 e. The summed E-state index contributed by atoms with van der Waals surface area (Å²) in [5.41, 5.74) is 0.631. The van der Waals surface area contributed by atoms with Crippen molar-refractivity contribution in [1.29, 1.82) is 0 Å². The number of nitrogens with one attached hydrogen (secondary N) is 1.